The minimum Gasteiger partial charge on any atom is -0.479 e. The molecule has 2 N–H and O–H groups in total. The van der Waals surface area contributed by atoms with Crippen molar-refractivity contribution in [3.63, 3.8) is 0 Å². The van der Waals surface area contributed by atoms with E-state index in [9.17, 15) is 9.59 Å². The number of carbonyl (C=O) groups is 2. The number of hydrazone groups is 1. The van der Waals surface area contributed by atoms with Crippen LogP contribution in [0.3, 0.4) is 0 Å². The summed E-state index contributed by atoms with van der Waals surface area (Å²) in [5.74, 6) is 1.62. The summed E-state index contributed by atoms with van der Waals surface area (Å²) in [6, 6.07) is 13.2. The van der Waals surface area contributed by atoms with Gasteiger partial charge in [-0.3, -0.25) is 4.79 Å². The second kappa shape index (κ2) is 8.10. The number of rotatable bonds is 6. The fourth-order valence-corrected chi connectivity index (χ4v) is 2.59. The molecule has 1 aliphatic rings. The van der Waals surface area contributed by atoms with Crippen molar-refractivity contribution in [2.45, 2.75) is 6.92 Å². The third kappa shape index (κ3) is 3.86. The van der Waals surface area contributed by atoms with Gasteiger partial charge in [-0.2, -0.15) is 10.1 Å². The maximum Gasteiger partial charge on any atom is 0.335 e. The fraction of sp³-hybridized carbons (Fsp3) is 0.0952. The van der Waals surface area contributed by atoms with Crippen LogP contribution in [0.15, 0.2) is 65.4 Å². The number of amides is 1. The van der Waals surface area contributed by atoms with E-state index in [1.165, 1.54) is 29.3 Å². The minimum atomic E-state index is -1.03. The summed E-state index contributed by atoms with van der Waals surface area (Å²) < 4.78 is 5.47. The number of terminal acetylenes is 1. The molecule has 0 fully saturated rings. The van der Waals surface area contributed by atoms with Gasteiger partial charge in [0.05, 0.1) is 28.2 Å². The summed E-state index contributed by atoms with van der Waals surface area (Å²) in [4.78, 5) is 23.7. The highest BCUT2D eigenvalue weighted by atomic mass is 16.5. The van der Waals surface area contributed by atoms with Crippen molar-refractivity contribution in [1.29, 1.82) is 0 Å². The van der Waals surface area contributed by atoms with Gasteiger partial charge >= 0.3 is 5.97 Å². The molecule has 2 aromatic rings. The van der Waals surface area contributed by atoms with Crippen LogP contribution < -0.4 is 15.1 Å². The largest absolute Gasteiger partial charge is 0.479 e. The van der Waals surface area contributed by atoms with Crippen LogP contribution in [0, 0.1) is 12.3 Å². The Bertz CT molecular complexity index is 1020. The van der Waals surface area contributed by atoms with Gasteiger partial charge in [-0.15, -0.1) is 6.42 Å². The van der Waals surface area contributed by atoms with Crippen molar-refractivity contribution in [3.8, 4) is 18.1 Å². The molecule has 0 radical (unpaired) electrons. The smallest absolute Gasteiger partial charge is 0.335 e. The van der Waals surface area contributed by atoms with Crippen LogP contribution >= 0.6 is 0 Å². The number of ether oxygens (including phenoxy) is 1. The third-order valence-electron chi connectivity index (χ3n) is 3.99. The monoisotopic (exact) mass is 375 g/mol. The Labute approximate surface area is 161 Å². The zero-order chi connectivity index (χ0) is 20.1. The molecular formula is C21H17N3O4. The molecule has 140 valence electrons. The SMILES string of the molecule is C#CCOc1ccccc1NC=C1C(=O)N(c2ccc(C(=O)O)cc2)N=C1C. The number of anilines is 2. The highest BCUT2D eigenvalue weighted by molar-refractivity contribution is 6.29. The van der Waals surface area contributed by atoms with Crippen LogP contribution in [0.25, 0.3) is 0 Å². The number of hydrogen-bond acceptors (Lipinski definition) is 5. The van der Waals surface area contributed by atoms with E-state index in [1.54, 1.807) is 25.3 Å². The van der Waals surface area contributed by atoms with E-state index in [4.69, 9.17) is 16.3 Å². The summed E-state index contributed by atoms with van der Waals surface area (Å²) in [6.45, 7) is 1.85. The molecule has 0 aromatic heterocycles. The average Bonchev–Trinajstić information content (AvgIpc) is 2.99. The van der Waals surface area contributed by atoms with Crippen molar-refractivity contribution >= 4 is 29.0 Å². The van der Waals surface area contributed by atoms with Gasteiger partial charge in [-0.25, -0.2) is 4.79 Å². The molecule has 0 spiro atoms. The highest BCUT2D eigenvalue weighted by Crippen LogP contribution is 2.26. The molecule has 3 rings (SSSR count). The molecule has 1 amide bonds. The normalized spacial score (nSPS) is 14.6. The molecule has 0 atom stereocenters. The molecular weight excluding hydrogens is 358 g/mol. The molecule has 1 aliphatic heterocycles. The standard InChI is InChI=1S/C21H17N3O4/c1-3-12-28-19-7-5-4-6-18(19)22-13-17-14(2)23-24(20(17)25)16-10-8-15(9-11-16)21(26)27/h1,4-11,13,22H,12H2,2H3,(H,26,27). The number of benzene rings is 2. The van der Waals surface area contributed by atoms with Gasteiger partial charge in [-0.05, 0) is 43.3 Å². The van der Waals surface area contributed by atoms with Gasteiger partial charge in [0.25, 0.3) is 5.91 Å². The molecule has 7 heteroatoms. The number of nitrogens with one attached hydrogen (secondary N) is 1. The maximum absolute atomic E-state index is 12.7. The van der Waals surface area contributed by atoms with Gasteiger partial charge in [-0.1, -0.05) is 18.1 Å². The van der Waals surface area contributed by atoms with E-state index in [-0.39, 0.29) is 18.1 Å². The summed E-state index contributed by atoms with van der Waals surface area (Å²) in [6.07, 6.45) is 6.79. The predicted molar refractivity (Wildman–Crippen MR) is 106 cm³/mol. The number of carboxylic acid groups (broad SMARTS) is 1. The first-order valence-electron chi connectivity index (χ1n) is 8.36. The summed E-state index contributed by atoms with van der Waals surface area (Å²) in [5.41, 5.74) is 2.19. The van der Waals surface area contributed by atoms with E-state index in [0.29, 0.717) is 28.4 Å². The van der Waals surface area contributed by atoms with Crippen LogP contribution in [0.5, 0.6) is 5.75 Å². The second-order valence-electron chi connectivity index (χ2n) is 5.85. The topological polar surface area (TPSA) is 91.2 Å². The molecule has 2 aromatic carbocycles. The minimum absolute atomic E-state index is 0.134. The quantitative estimate of drug-likeness (QED) is 0.598. The Morgan fingerprint density at radius 2 is 2.00 bits per heavy atom. The van der Waals surface area contributed by atoms with E-state index in [0.717, 1.165) is 0 Å². The van der Waals surface area contributed by atoms with E-state index >= 15 is 0 Å². The number of nitrogens with zero attached hydrogens (tertiary/aromatic N) is 2. The first-order chi connectivity index (χ1) is 13.5. The van der Waals surface area contributed by atoms with E-state index < -0.39 is 5.97 Å². The first-order valence-corrected chi connectivity index (χ1v) is 8.36. The van der Waals surface area contributed by atoms with Crippen LogP contribution in [0.2, 0.25) is 0 Å². The van der Waals surface area contributed by atoms with Crippen LogP contribution in [-0.4, -0.2) is 29.3 Å². The Hall–Kier alpha value is -4.05. The summed E-state index contributed by atoms with van der Waals surface area (Å²) >= 11 is 0. The molecule has 0 bridgehead atoms. The molecule has 0 aliphatic carbocycles. The second-order valence-corrected chi connectivity index (χ2v) is 5.85. The van der Waals surface area contributed by atoms with Gasteiger partial charge in [0.1, 0.15) is 12.4 Å². The van der Waals surface area contributed by atoms with Crippen LogP contribution in [-0.2, 0) is 4.79 Å². The molecule has 0 unspecified atom stereocenters. The molecule has 7 nitrogen and oxygen atoms in total. The van der Waals surface area contributed by atoms with E-state index in [1.807, 2.05) is 12.1 Å². The van der Waals surface area contributed by atoms with Gasteiger partial charge < -0.3 is 15.2 Å². The maximum atomic E-state index is 12.7. The van der Waals surface area contributed by atoms with Gasteiger partial charge in [0.2, 0.25) is 0 Å². The number of hydrogen-bond donors (Lipinski definition) is 2. The molecule has 28 heavy (non-hydrogen) atoms. The zero-order valence-corrected chi connectivity index (χ0v) is 15.0. The van der Waals surface area contributed by atoms with Crippen molar-refractivity contribution in [2.24, 2.45) is 5.10 Å². The Balaban J connectivity index is 1.80. The lowest BCUT2D eigenvalue weighted by Gasteiger charge is -2.12. The number of aromatic carboxylic acids is 1. The Morgan fingerprint density at radius 1 is 1.29 bits per heavy atom. The molecule has 1 heterocycles. The lowest BCUT2D eigenvalue weighted by Crippen LogP contribution is -2.21. The molecule has 0 saturated heterocycles. The first kappa shape index (κ1) is 18.7. The summed E-state index contributed by atoms with van der Waals surface area (Å²) in [7, 11) is 0. The Morgan fingerprint density at radius 3 is 2.68 bits per heavy atom. The van der Waals surface area contributed by atoms with Crippen LogP contribution in [0.1, 0.15) is 17.3 Å². The number of carboxylic acids is 1. The lowest BCUT2D eigenvalue weighted by atomic mass is 10.1. The number of para-hydroxylation sites is 2. The number of carbonyl (C=O) groups excluding carboxylic acids is 1. The van der Waals surface area contributed by atoms with E-state index in [2.05, 4.69) is 16.3 Å². The summed E-state index contributed by atoms with van der Waals surface area (Å²) in [5, 5.41) is 17.5. The Kier molecular flexibility index (Phi) is 5.42. The zero-order valence-electron chi connectivity index (χ0n) is 15.0. The van der Waals surface area contributed by atoms with Crippen molar-refractivity contribution in [3.05, 3.63) is 65.9 Å². The highest BCUT2D eigenvalue weighted by Gasteiger charge is 2.28. The van der Waals surface area contributed by atoms with Gasteiger partial charge in [0.15, 0.2) is 0 Å². The fourth-order valence-electron chi connectivity index (χ4n) is 2.59. The van der Waals surface area contributed by atoms with Gasteiger partial charge in [0, 0.05) is 6.20 Å². The van der Waals surface area contributed by atoms with Crippen molar-refractivity contribution in [1.82, 2.24) is 0 Å². The third-order valence-corrected chi connectivity index (χ3v) is 3.99. The average molecular weight is 375 g/mol. The van der Waals surface area contributed by atoms with Crippen molar-refractivity contribution < 1.29 is 19.4 Å². The van der Waals surface area contributed by atoms with Crippen LogP contribution in [0.4, 0.5) is 11.4 Å². The molecule has 0 saturated carbocycles. The lowest BCUT2D eigenvalue weighted by molar-refractivity contribution is -0.114. The predicted octanol–water partition coefficient (Wildman–Crippen LogP) is 3.12. The van der Waals surface area contributed by atoms with Crippen molar-refractivity contribution in [2.75, 3.05) is 16.9 Å².